The van der Waals surface area contributed by atoms with Gasteiger partial charge < -0.3 is 4.52 Å². The first-order valence-electron chi connectivity index (χ1n) is 8.41. The van der Waals surface area contributed by atoms with Crippen molar-refractivity contribution in [2.45, 2.75) is 39.9 Å². The molecule has 9 heteroatoms. The Labute approximate surface area is 148 Å². The van der Waals surface area contributed by atoms with Crippen molar-refractivity contribution in [2.24, 2.45) is 5.92 Å². The maximum atomic E-state index is 11.3. The van der Waals surface area contributed by atoms with E-state index in [9.17, 15) is 8.42 Å². The summed E-state index contributed by atoms with van der Waals surface area (Å²) in [5.41, 5.74) is 3.22. The van der Waals surface area contributed by atoms with Crippen molar-refractivity contribution >= 4 is 10.0 Å². The number of aryl methyl sites for hydroxylation is 2. The highest BCUT2D eigenvalue weighted by atomic mass is 32.2. The molecule has 3 heterocycles. The molecule has 0 bridgehead atoms. The second-order valence-corrected chi connectivity index (χ2v) is 8.63. The molecule has 0 unspecified atom stereocenters. The number of nitrogens with one attached hydrogen (secondary N) is 1. The number of nitrogens with zero attached hydrogens (tertiary/aromatic N) is 4. The Morgan fingerprint density at radius 1 is 1.36 bits per heavy atom. The van der Waals surface area contributed by atoms with E-state index in [1.807, 2.05) is 30.8 Å². The number of rotatable bonds is 6. The fourth-order valence-corrected chi connectivity index (χ4v) is 3.81. The Morgan fingerprint density at radius 2 is 2.16 bits per heavy atom. The molecule has 0 saturated heterocycles. The van der Waals surface area contributed by atoms with Crippen LogP contribution in [-0.2, 0) is 29.7 Å². The third-order valence-corrected chi connectivity index (χ3v) is 5.35. The third-order valence-electron chi connectivity index (χ3n) is 4.62. The van der Waals surface area contributed by atoms with Crippen LogP contribution in [0.4, 0.5) is 0 Å². The summed E-state index contributed by atoms with van der Waals surface area (Å²) in [6, 6.07) is 2.04. The van der Waals surface area contributed by atoms with E-state index in [0.717, 1.165) is 49.6 Å². The molecular weight excluding hydrogens is 342 g/mol. The molecule has 0 fully saturated rings. The summed E-state index contributed by atoms with van der Waals surface area (Å²) in [6.45, 7) is 7.58. The van der Waals surface area contributed by atoms with Gasteiger partial charge in [0.25, 0.3) is 0 Å². The zero-order chi connectivity index (χ0) is 18.0. The zero-order valence-electron chi connectivity index (χ0n) is 14.9. The standard InChI is InChI=1S/C16H25N5O3S/c1-12-16(13(2)24-19-12)11-20-8-14(4-7-18-25(3,22)23)9-21-15(10-20)5-6-17-21/h5-6,14,18H,4,7-11H2,1-3H3/t14-/m1/s1. The lowest BCUT2D eigenvalue weighted by molar-refractivity contribution is 0.214. The average Bonchev–Trinajstić information content (AvgIpc) is 3.02. The van der Waals surface area contributed by atoms with E-state index in [4.69, 9.17) is 4.52 Å². The molecule has 1 aliphatic heterocycles. The van der Waals surface area contributed by atoms with E-state index in [2.05, 4.69) is 19.9 Å². The maximum Gasteiger partial charge on any atom is 0.208 e. The minimum atomic E-state index is -3.16. The summed E-state index contributed by atoms with van der Waals surface area (Å²) >= 11 is 0. The number of fused-ring (bicyclic) bond motifs is 1. The Morgan fingerprint density at radius 3 is 2.84 bits per heavy atom. The van der Waals surface area contributed by atoms with E-state index in [-0.39, 0.29) is 0 Å². The molecule has 0 spiro atoms. The van der Waals surface area contributed by atoms with E-state index < -0.39 is 10.0 Å². The van der Waals surface area contributed by atoms with Crippen molar-refractivity contribution < 1.29 is 12.9 Å². The van der Waals surface area contributed by atoms with Crippen LogP contribution in [0.5, 0.6) is 0 Å². The van der Waals surface area contributed by atoms with E-state index in [1.165, 1.54) is 11.9 Å². The first-order chi connectivity index (χ1) is 11.8. The van der Waals surface area contributed by atoms with Crippen molar-refractivity contribution in [3.8, 4) is 0 Å². The van der Waals surface area contributed by atoms with Gasteiger partial charge in [-0.05, 0) is 32.3 Å². The SMILES string of the molecule is Cc1noc(C)c1CN1Cc2ccnn2C[C@H](CCNS(C)(=O)=O)C1. The summed E-state index contributed by atoms with van der Waals surface area (Å²) in [7, 11) is -3.16. The molecule has 2 aromatic rings. The molecule has 1 N–H and O–H groups in total. The Hall–Kier alpha value is -1.71. The smallest absolute Gasteiger partial charge is 0.208 e. The fraction of sp³-hybridized carbons (Fsp3) is 0.625. The molecule has 0 saturated carbocycles. The van der Waals surface area contributed by atoms with Gasteiger partial charge in [0.2, 0.25) is 10.0 Å². The molecule has 138 valence electrons. The number of aromatic nitrogens is 3. The van der Waals surface area contributed by atoms with Crippen molar-refractivity contribution in [3.05, 3.63) is 35.0 Å². The minimum absolute atomic E-state index is 0.316. The lowest BCUT2D eigenvalue weighted by Crippen LogP contribution is -2.31. The van der Waals surface area contributed by atoms with Crippen LogP contribution in [0.15, 0.2) is 16.8 Å². The van der Waals surface area contributed by atoms with Crippen molar-refractivity contribution in [1.29, 1.82) is 0 Å². The summed E-state index contributed by atoms with van der Waals surface area (Å²) in [5.74, 6) is 1.17. The van der Waals surface area contributed by atoms with Crippen LogP contribution in [0.2, 0.25) is 0 Å². The molecular formula is C16H25N5O3S. The molecule has 0 radical (unpaired) electrons. The van der Waals surface area contributed by atoms with Gasteiger partial charge in [0, 0.05) is 44.5 Å². The molecule has 25 heavy (non-hydrogen) atoms. The van der Waals surface area contributed by atoms with Gasteiger partial charge in [-0.1, -0.05) is 5.16 Å². The second kappa shape index (κ2) is 7.27. The average molecular weight is 367 g/mol. The molecule has 0 aromatic carbocycles. The fourth-order valence-electron chi connectivity index (χ4n) is 3.32. The molecule has 1 aliphatic rings. The van der Waals surface area contributed by atoms with E-state index in [1.54, 1.807) is 0 Å². The predicted molar refractivity (Wildman–Crippen MR) is 93.3 cm³/mol. The number of hydrogen-bond donors (Lipinski definition) is 1. The molecule has 3 rings (SSSR count). The summed E-state index contributed by atoms with van der Waals surface area (Å²) in [6.07, 6.45) is 3.78. The summed E-state index contributed by atoms with van der Waals surface area (Å²) < 4.78 is 32.5. The maximum absolute atomic E-state index is 11.3. The van der Waals surface area contributed by atoms with Gasteiger partial charge in [-0.3, -0.25) is 9.58 Å². The van der Waals surface area contributed by atoms with Gasteiger partial charge in [-0.25, -0.2) is 13.1 Å². The predicted octanol–water partition coefficient (Wildman–Crippen LogP) is 1.06. The van der Waals surface area contributed by atoms with Crippen molar-refractivity contribution in [2.75, 3.05) is 19.3 Å². The minimum Gasteiger partial charge on any atom is -0.361 e. The first-order valence-corrected chi connectivity index (χ1v) is 10.3. The lowest BCUT2D eigenvalue weighted by Gasteiger charge is -2.23. The summed E-state index contributed by atoms with van der Waals surface area (Å²) in [5, 5.41) is 8.45. The van der Waals surface area contributed by atoms with Crippen molar-refractivity contribution in [3.63, 3.8) is 0 Å². The normalized spacial score (nSPS) is 18.9. The Balaban J connectivity index is 1.72. The highest BCUT2D eigenvalue weighted by Gasteiger charge is 2.24. The third kappa shape index (κ3) is 4.68. The Kier molecular flexibility index (Phi) is 5.26. The van der Waals surface area contributed by atoms with Crippen LogP contribution >= 0.6 is 0 Å². The van der Waals surface area contributed by atoms with Gasteiger partial charge in [0.1, 0.15) is 5.76 Å². The van der Waals surface area contributed by atoms with Gasteiger partial charge in [0.15, 0.2) is 0 Å². The van der Waals surface area contributed by atoms with Crippen LogP contribution in [0.3, 0.4) is 0 Å². The highest BCUT2D eigenvalue weighted by molar-refractivity contribution is 7.88. The molecule has 0 aliphatic carbocycles. The zero-order valence-corrected chi connectivity index (χ0v) is 15.7. The number of hydrogen-bond acceptors (Lipinski definition) is 6. The van der Waals surface area contributed by atoms with Crippen LogP contribution in [0.1, 0.15) is 29.1 Å². The monoisotopic (exact) mass is 367 g/mol. The number of sulfonamides is 1. The van der Waals surface area contributed by atoms with Crippen LogP contribution in [0.25, 0.3) is 0 Å². The van der Waals surface area contributed by atoms with Crippen molar-refractivity contribution in [1.82, 2.24) is 24.6 Å². The first kappa shape index (κ1) is 18.1. The van der Waals surface area contributed by atoms with Gasteiger partial charge in [-0.15, -0.1) is 0 Å². The lowest BCUT2D eigenvalue weighted by atomic mass is 10.0. The van der Waals surface area contributed by atoms with Gasteiger partial charge >= 0.3 is 0 Å². The largest absolute Gasteiger partial charge is 0.361 e. The molecule has 8 nitrogen and oxygen atoms in total. The molecule has 0 amide bonds. The van der Waals surface area contributed by atoms with Crippen LogP contribution in [-0.4, -0.2) is 47.6 Å². The van der Waals surface area contributed by atoms with E-state index in [0.29, 0.717) is 12.5 Å². The summed E-state index contributed by atoms with van der Waals surface area (Å²) in [4.78, 5) is 2.36. The van der Waals surface area contributed by atoms with Gasteiger partial charge in [-0.2, -0.15) is 5.10 Å². The highest BCUT2D eigenvalue weighted by Crippen LogP contribution is 2.22. The van der Waals surface area contributed by atoms with Gasteiger partial charge in [0.05, 0.1) is 17.6 Å². The topological polar surface area (TPSA) is 93.3 Å². The van der Waals surface area contributed by atoms with Crippen LogP contribution < -0.4 is 4.72 Å². The van der Waals surface area contributed by atoms with E-state index >= 15 is 0 Å². The Bertz CT molecular complexity index is 807. The molecule has 2 aromatic heterocycles. The van der Waals surface area contributed by atoms with Crippen LogP contribution in [0, 0.1) is 19.8 Å². The molecule has 1 atom stereocenters. The second-order valence-electron chi connectivity index (χ2n) is 6.80. The quantitative estimate of drug-likeness (QED) is 0.821.